The molecule has 0 atom stereocenters. The van der Waals surface area contributed by atoms with Crippen molar-refractivity contribution in [1.82, 2.24) is 0 Å². The number of thiocarbonyl (C=S) groups is 1. The van der Waals surface area contributed by atoms with Crippen molar-refractivity contribution < 1.29 is 0 Å². The summed E-state index contributed by atoms with van der Waals surface area (Å²) in [4.78, 5) is 0.437. The fraction of sp³-hybridized carbons (Fsp3) is 0.364. The van der Waals surface area contributed by atoms with Crippen LogP contribution >= 0.6 is 12.2 Å². The van der Waals surface area contributed by atoms with Crippen LogP contribution in [0.4, 0.5) is 5.69 Å². The number of rotatable bonds is 2. The fourth-order valence-electron chi connectivity index (χ4n) is 1.15. The topological polar surface area (TPSA) is 38.0 Å². The molecule has 2 nitrogen and oxygen atoms in total. The van der Waals surface area contributed by atoms with Crippen LogP contribution in [0.3, 0.4) is 0 Å². The molecule has 1 rings (SSSR count). The predicted octanol–water partition coefficient (Wildman–Crippen LogP) is 2.53. The first-order valence-corrected chi connectivity index (χ1v) is 4.97. The highest BCUT2D eigenvalue weighted by Crippen LogP contribution is 2.15. The molecule has 0 fully saturated rings. The van der Waals surface area contributed by atoms with Crippen molar-refractivity contribution in [2.75, 3.05) is 5.32 Å². The molecule has 0 saturated carbocycles. The van der Waals surface area contributed by atoms with Gasteiger partial charge in [0.1, 0.15) is 4.99 Å². The molecule has 3 N–H and O–H groups in total. The number of nitrogens with two attached hydrogens (primary N) is 1. The van der Waals surface area contributed by atoms with Crippen molar-refractivity contribution >= 4 is 22.9 Å². The number of anilines is 1. The quantitative estimate of drug-likeness (QED) is 0.733. The van der Waals surface area contributed by atoms with Crippen LogP contribution < -0.4 is 11.1 Å². The van der Waals surface area contributed by atoms with Gasteiger partial charge in [-0.05, 0) is 45.0 Å². The van der Waals surface area contributed by atoms with Gasteiger partial charge in [-0.3, -0.25) is 0 Å². The molecule has 0 aliphatic carbocycles. The van der Waals surface area contributed by atoms with E-state index in [2.05, 4.69) is 26.1 Å². The van der Waals surface area contributed by atoms with Gasteiger partial charge in [-0.15, -0.1) is 0 Å². The lowest BCUT2D eigenvalue weighted by molar-refractivity contribution is 0.634. The van der Waals surface area contributed by atoms with Crippen LogP contribution in [0.15, 0.2) is 24.3 Å². The molecule has 76 valence electrons. The van der Waals surface area contributed by atoms with Crippen LogP contribution in [0, 0.1) is 0 Å². The Morgan fingerprint density at radius 1 is 1.21 bits per heavy atom. The molecule has 0 saturated heterocycles. The summed E-state index contributed by atoms with van der Waals surface area (Å²) in [6.45, 7) is 6.36. The third kappa shape index (κ3) is 3.34. The molecule has 0 amide bonds. The average molecular weight is 208 g/mol. The van der Waals surface area contributed by atoms with Gasteiger partial charge in [-0.2, -0.15) is 0 Å². The van der Waals surface area contributed by atoms with Crippen molar-refractivity contribution in [3.05, 3.63) is 29.8 Å². The molecule has 0 bridgehead atoms. The van der Waals surface area contributed by atoms with E-state index < -0.39 is 0 Å². The summed E-state index contributed by atoms with van der Waals surface area (Å²) >= 11 is 4.87. The molecular formula is C11H16N2S. The molecule has 0 spiro atoms. The largest absolute Gasteiger partial charge is 0.389 e. The molecule has 0 aromatic heterocycles. The van der Waals surface area contributed by atoms with Gasteiger partial charge >= 0.3 is 0 Å². The Hall–Kier alpha value is -1.09. The average Bonchev–Trinajstić information content (AvgIpc) is 2.02. The summed E-state index contributed by atoms with van der Waals surface area (Å²) in [5, 5.41) is 3.36. The minimum atomic E-state index is 0.0741. The highest BCUT2D eigenvalue weighted by Gasteiger charge is 2.08. The van der Waals surface area contributed by atoms with E-state index in [-0.39, 0.29) is 5.54 Å². The first-order valence-electron chi connectivity index (χ1n) is 4.56. The Morgan fingerprint density at radius 2 is 1.71 bits per heavy atom. The van der Waals surface area contributed by atoms with E-state index in [9.17, 15) is 0 Å². The zero-order valence-corrected chi connectivity index (χ0v) is 9.61. The molecular weight excluding hydrogens is 192 g/mol. The first kappa shape index (κ1) is 11.0. The molecule has 0 aliphatic rings. The monoisotopic (exact) mass is 208 g/mol. The molecule has 3 heteroatoms. The molecule has 0 unspecified atom stereocenters. The van der Waals surface area contributed by atoms with Crippen molar-refractivity contribution in [3.8, 4) is 0 Å². The summed E-state index contributed by atoms with van der Waals surface area (Å²) in [7, 11) is 0. The molecule has 0 heterocycles. The van der Waals surface area contributed by atoms with Crippen LogP contribution in [0.5, 0.6) is 0 Å². The second-order valence-corrected chi connectivity index (χ2v) is 4.76. The predicted molar refractivity (Wildman–Crippen MR) is 65.7 cm³/mol. The van der Waals surface area contributed by atoms with Crippen LogP contribution in [0.1, 0.15) is 26.3 Å². The van der Waals surface area contributed by atoms with Crippen LogP contribution in [-0.4, -0.2) is 10.5 Å². The SMILES string of the molecule is CC(C)(C)Nc1ccc(C(N)=S)cc1. The highest BCUT2D eigenvalue weighted by atomic mass is 32.1. The van der Waals surface area contributed by atoms with Crippen molar-refractivity contribution in [2.24, 2.45) is 5.73 Å². The van der Waals surface area contributed by atoms with Gasteiger partial charge in [-0.25, -0.2) is 0 Å². The smallest absolute Gasteiger partial charge is 0.103 e. The Bertz CT molecular complexity index is 322. The van der Waals surface area contributed by atoms with E-state index in [0.717, 1.165) is 11.3 Å². The van der Waals surface area contributed by atoms with E-state index in [1.807, 2.05) is 24.3 Å². The third-order valence-corrected chi connectivity index (χ3v) is 1.92. The highest BCUT2D eigenvalue weighted by molar-refractivity contribution is 7.80. The van der Waals surface area contributed by atoms with Gasteiger partial charge in [0.05, 0.1) is 0 Å². The first-order chi connectivity index (χ1) is 6.38. The second-order valence-electron chi connectivity index (χ2n) is 4.32. The minimum Gasteiger partial charge on any atom is -0.389 e. The van der Waals surface area contributed by atoms with Crippen LogP contribution in [0.2, 0.25) is 0 Å². The summed E-state index contributed by atoms with van der Waals surface area (Å²) in [5.74, 6) is 0. The zero-order valence-electron chi connectivity index (χ0n) is 8.79. The Labute approximate surface area is 90.5 Å². The standard InChI is InChI=1S/C11H16N2S/c1-11(2,3)13-9-6-4-8(5-7-9)10(12)14/h4-7,13H,1-3H3,(H2,12,14). The molecule has 0 aliphatic heterocycles. The number of nitrogens with one attached hydrogen (secondary N) is 1. The molecule has 1 aromatic rings. The van der Waals surface area contributed by atoms with Crippen LogP contribution in [0.25, 0.3) is 0 Å². The Morgan fingerprint density at radius 3 is 2.07 bits per heavy atom. The maximum absolute atomic E-state index is 5.50. The van der Waals surface area contributed by atoms with E-state index in [0.29, 0.717) is 4.99 Å². The second kappa shape index (κ2) is 3.96. The molecule has 0 radical (unpaired) electrons. The lowest BCUT2D eigenvalue weighted by Crippen LogP contribution is -2.26. The van der Waals surface area contributed by atoms with Crippen molar-refractivity contribution in [1.29, 1.82) is 0 Å². The summed E-state index contributed by atoms with van der Waals surface area (Å²) < 4.78 is 0. The van der Waals surface area contributed by atoms with Gasteiger partial charge in [0.15, 0.2) is 0 Å². The van der Waals surface area contributed by atoms with Crippen molar-refractivity contribution in [2.45, 2.75) is 26.3 Å². The summed E-state index contributed by atoms with van der Waals surface area (Å²) in [6, 6.07) is 7.83. The van der Waals surface area contributed by atoms with Gasteiger partial charge in [-0.1, -0.05) is 12.2 Å². The lowest BCUT2D eigenvalue weighted by Gasteiger charge is -2.22. The third-order valence-electron chi connectivity index (χ3n) is 1.69. The van der Waals surface area contributed by atoms with Gasteiger partial charge in [0.25, 0.3) is 0 Å². The van der Waals surface area contributed by atoms with E-state index in [4.69, 9.17) is 18.0 Å². The lowest BCUT2D eigenvalue weighted by atomic mass is 10.1. The Kier molecular flexibility index (Phi) is 3.11. The number of benzene rings is 1. The van der Waals surface area contributed by atoms with E-state index in [1.165, 1.54) is 0 Å². The maximum atomic E-state index is 5.50. The van der Waals surface area contributed by atoms with Crippen molar-refractivity contribution in [3.63, 3.8) is 0 Å². The molecule has 1 aromatic carbocycles. The van der Waals surface area contributed by atoms with Gasteiger partial charge in [0, 0.05) is 16.8 Å². The Balaban J connectivity index is 2.79. The number of hydrogen-bond acceptors (Lipinski definition) is 2. The minimum absolute atomic E-state index is 0.0741. The van der Waals surface area contributed by atoms with E-state index >= 15 is 0 Å². The summed E-state index contributed by atoms with van der Waals surface area (Å²) in [6.07, 6.45) is 0. The van der Waals surface area contributed by atoms with Gasteiger partial charge < -0.3 is 11.1 Å². The normalized spacial score (nSPS) is 11.1. The number of hydrogen-bond donors (Lipinski definition) is 2. The maximum Gasteiger partial charge on any atom is 0.103 e. The van der Waals surface area contributed by atoms with Gasteiger partial charge in [0.2, 0.25) is 0 Å². The van der Waals surface area contributed by atoms with Crippen LogP contribution in [-0.2, 0) is 0 Å². The molecule has 14 heavy (non-hydrogen) atoms. The zero-order chi connectivity index (χ0) is 10.8. The summed E-state index contributed by atoms with van der Waals surface area (Å²) in [5.41, 5.74) is 7.56. The van der Waals surface area contributed by atoms with E-state index in [1.54, 1.807) is 0 Å². The fourth-order valence-corrected chi connectivity index (χ4v) is 1.29.